The third-order valence-corrected chi connectivity index (χ3v) is 11.5. The zero-order chi connectivity index (χ0) is 43.5. The number of para-hydroxylation sites is 1. The molecule has 4 atom stereocenters. The van der Waals surface area contributed by atoms with E-state index in [0.717, 1.165) is 37.7 Å². The lowest BCUT2D eigenvalue weighted by molar-refractivity contribution is -0.142. The summed E-state index contributed by atoms with van der Waals surface area (Å²) in [6.07, 6.45) is 8.30. The Balaban J connectivity index is 1.20. The van der Waals surface area contributed by atoms with Crippen LogP contribution < -0.4 is 21.7 Å². The molecule has 1 unspecified atom stereocenters. The van der Waals surface area contributed by atoms with E-state index in [1.165, 1.54) is 15.8 Å². The highest BCUT2D eigenvalue weighted by Gasteiger charge is 2.45. The molecular weight excluding hydrogens is 783 g/mol. The van der Waals surface area contributed by atoms with Gasteiger partial charge in [-0.25, -0.2) is 9.48 Å². The van der Waals surface area contributed by atoms with Crippen LogP contribution in [0.25, 0.3) is 10.9 Å². The average Bonchev–Trinajstić information content (AvgIpc) is 3.94. The molecule has 4 aromatic rings. The van der Waals surface area contributed by atoms with E-state index in [1.807, 2.05) is 42.5 Å². The number of nitrogens with zero attached hydrogens (tertiary/aromatic N) is 5. The fourth-order valence-corrected chi connectivity index (χ4v) is 8.29. The number of benzene rings is 2. The molecule has 0 radical (unpaired) electrons. The largest absolute Gasteiger partial charge is 0.445 e. The number of unbranched alkanes of at least 4 members (excludes halogenated alkanes) is 1. The molecule has 17 heteroatoms. The van der Waals surface area contributed by atoms with Crippen LogP contribution in [-0.2, 0) is 36.1 Å². The van der Waals surface area contributed by atoms with Gasteiger partial charge in [-0.3, -0.25) is 29.0 Å². The molecule has 3 heterocycles. The summed E-state index contributed by atoms with van der Waals surface area (Å²) in [5, 5.41) is 28.2. The third kappa shape index (κ3) is 11.5. The number of alkyl carbamates (subject to hydrolysis) is 1. The molecule has 1 saturated heterocycles. The molecule has 2 aliphatic rings. The van der Waals surface area contributed by atoms with Gasteiger partial charge < -0.3 is 36.4 Å². The summed E-state index contributed by atoms with van der Waals surface area (Å²) in [5.74, 6) is -3.75. The first-order valence-electron chi connectivity index (χ1n) is 21.0. The van der Waals surface area contributed by atoms with Gasteiger partial charge in [0, 0.05) is 31.1 Å². The number of pyridine rings is 1. The number of aromatic nitrogens is 4. The molecule has 0 spiro atoms. The highest BCUT2D eigenvalue weighted by Crippen LogP contribution is 2.34. The maximum absolute atomic E-state index is 15.0. The van der Waals surface area contributed by atoms with E-state index in [0.29, 0.717) is 41.4 Å². The summed E-state index contributed by atoms with van der Waals surface area (Å²) >= 11 is 0. The molecule has 2 aromatic carbocycles. The molecule has 17 nitrogen and oxygen atoms in total. The number of hydrogen-bond donors (Lipinski definition) is 5. The molecule has 5 amide bonds. The van der Waals surface area contributed by atoms with Crippen molar-refractivity contribution in [1.82, 2.24) is 40.8 Å². The van der Waals surface area contributed by atoms with Crippen molar-refractivity contribution >= 4 is 46.4 Å². The van der Waals surface area contributed by atoms with Crippen molar-refractivity contribution in [2.24, 2.45) is 11.7 Å². The number of hydrogen-bond acceptors (Lipinski definition) is 11. The van der Waals surface area contributed by atoms with E-state index < -0.39 is 65.3 Å². The summed E-state index contributed by atoms with van der Waals surface area (Å²) < 4.78 is 6.74. The molecule has 6 N–H and O–H groups in total. The second kappa shape index (κ2) is 20.4. The predicted molar refractivity (Wildman–Crippen MR) is 223 cm³/mol. The Bertz CT molecular complexity index is 2180. The van der Waals surface area contributed by atoms with Gasteiger partial charge in [-0.05, 0) is 63.1 Å². The lowest BCUT2D eigenvalue weighted by atomic mass is 9.84. The van der Waals surface area contributed by atoms with Gasteiger partial charge in [0.2, 0.25) is 17.6 Å². The van der Waals surface area contributed by atoms with Gasteiger partial charge >= 0.3 is 6.09 Å². The normalized spacial score (nSPS) is 17.9. The minimum atomic E-state index is -1.37. The Hall–Kier alpha value is -6.23. The number of ether oxygens (including phenoxy) is 1. The standard InChI is InChI=1S/C44H55N9O8/c1-44(2,60)37-25-48-51-53(37)30-24-36(41(57)49-34(38(54)39(45)55)19-11-12-21-47-43(59)61-27-29-15-7-4-8-16-29)52(26-30)42(58)35(23-28-13-5-3-6-14-28)50-40(56)32-20-22-46-33-18-10-9-17-31(32)33/h4,7-10,15-18,20,22,25,28,30,34-36,60H,3,5-6,11-14,19,21,23-24,26-27H2,1-2H3,(H2,45,55)(H,47,59)(H,49,57)(H,50,56)/t30-,34?,35+,36-/m0/s1. The molecule has 2 aromatic heterocycles. The first-order valence-corrected chi connectivity index (χ1v) is 21.0. The molecule has 6 rings (SSSR count). The third-order valence-electron chi connectivity index (χ3n) is 11.5. The molecule has 1 aliphatic carbocycles. The van der Waals surface area contributed by atoms with E-state index in [2.05, 4.69) is 31.2 Å². The SMILES string of the molecule is CC(C)(O)c1cnnn1[C@H]1C[C@@H](C(=O)NC(CCCCNC(=O)OCc2ccccc2)C(=O)C(N)=O)N(C(=O)[C@@H](CC2CCCCC2)NC(=O)c2ccnc3ccccc23)C1. The number of ketones is 1. The Labute approximate surface area is 354 Å². The van der Waals surface area contributed by atoms with Crippen LogP contribution in [0.5, 0.6) is 0 Å². The summed E-state index contributed by atoms with van der Waals surface area (Å²) in [5.41, 5.74) is 6.23. The van der Waals surface area contributed by atoms with E-state index in [1.54, 1.807) is 38.2 Å². The van der Waals surface area contributed by atoms with Crippen molar-refractivity contribution in [2.75, 3.05) is 13.1 Å². The van der Waals surface area contributed by atoms with Crippen LogP contribution in [0.2, 0.25) is 0 Å². The van der Waals surface area contributed by atoms with Crippen molar-refractivity contribution < 1.29 is 38.6 Å². The predicted octanol–water partition coefficient (Wildman–Crippen LogP) is 3.60. The number of nitrogens with one attached hydrogen (secondary N) is 3. The van der Waals surface area contributed by atoms with Crippen LogP contribution in [0.3, 0.4) is 0 Å². The van der Waals surface area contributed by atoms with Crippen molar-refractivity contribution in [3.63, 3.8) is 0 Å². The molecule has 324 valence electrons. The molecule has 61 heavy (non-hydrogen) atoms. The minimum Gasteiger partial charge on any atom is -0.445 e. The van der Waals surface area contributed by atoms with Gasteiger partial charge in [-0.2, -0.15) is 0 Å². The second-order valence-corrected chi connectivity index (χ2v) is 16.4. The average molecular weight is 838 g/mol. The molecular formula is C44H55N9O8. The van der Waals surface area contributed by atoms with Crippen molar-refractivity contribution in [3.8, 4) is 0 Å². The van der Waals surface area contributed by atoms with Crippen LogP contribution >= 0.6 is 0 Å². The number of primary amides is 1. The van der Waals surface area contributed by atoms with Crippen molar-refractivity contribution in [2.45, 2.75) is 114 Å². The first-order chi connectivity index (χ1) is 29.3. The lowest BCUT2D eigenvalue weighted by Crippen LogP contribution is -2.56. The van der Waals surface area contributed by atoms with Gasteiger partial charge in [-0.1, -0.05) is 85.8 Å². The molecule has 1 aliphatic heterocycles. The zero-order valence-corrected chi connectivity index (χ0v) is 34.6. The topological polar surface area (TPSA) is 241 Å². The number of Topliss-reactive ketones (excluding diaryl/α,β-unsaturated/α-hetero) is 1. The highest BCUT2D eigenvalue weighted by atomic mass is 16.5. The van der Waals surface area contributed by atoms with Crippen LogP contribution in [-0.4, -0.2) is 96.7 Å². The van der Waals surface area contributed by atoms with Gasteiger partial charge in [-0.15, -0.1) is 5.10 Å². The van der Waals surface area contributed by atoms with E-state index >= 15 is 0 Å². The summed E-state index contributed by atoms with van der Waals surface area (Å²) in [6, 6.07) is 13.9. The molecule has 0 bridgehead atoms. The highest BCUT2D eigenvalue weighted by molar-refractivity contribution is 6.37. The first kappa shape index (κ1) is 44.3. The van der Waals surface area contributed by atoms with Crippen LogP contribution in [0.4, 0.5) is 4.79 Å². The number of nitrogens with two attached hydrogens (primary N) is 1. The number of fused-ring (bicyclic) bond motifs is 1. The van der Waals surface area contributed by atoms with Crippen molar-refractivity contribution in [3.05, 3.63) is 89.9 Å². The monoisotopic (exact) mass is 837 g/mol. The van der Waals surface area contributed by atoms with E-state index in [9.17, 15) is 33.9 Å². The van der Waals surface area contributed by atoms with Gasteiger partial charge in [0.15, 0.2) is 0 Å². The number of rotatable bonds is 18. The Kier molecular flexibility index (Phi) is 14.8. The number of likely N-dealkylation sites (tertiary alicyclic amines) is 1. The number of aliphatic hydroxyl groups is 1. The van der Waals surface area contributed by atoms with Crippen LogP contribution in [0.15, 0.2) is 73.1 Å². The fourth-order valence-electron chi connectivity index (χ4n) is 8.29. The van der Waals surface area contributed by atoms with Crippen LogP contribution in [0, 0.1) is 5.92 Å². The van der Waals surface area contributed by atoms with Crippen molar-refractivity contribution in [1.29, 1.82) is 0 Å². The smallest absolute Gasteiger partial charge is 0.407 e. The van der Waals surface area contributed by atoms with E-state index in [-0.39, 0.29) is 38.5 Å². The van der Waals surface area contributed by atoms with Gasteiger partial charge in [0.25, 0.3) is 11.8 Å². The van der Waals surface area contributed by atoms with Gasteiger partial charge in [0.1, 0.15) is 24.3 Å². The maximum atomic E-state index is 15.0. The summed E-state index contributed by atoms with van der Waals surface area (Å²) in [7, 11) is 0. The second-order valence-electron chi connectivity index (χ2n) is 16.4. The Morgan fingerprint density at radius 3 is 2.41 bits per heavy atom. The Morgan fingerprint density at radius 1 is 0.934 bits per heavy atom. The zero-order valence-electron chi connectivity index (χ0n) is 34.6. The number of carbonyl (C=O) groups excluding carboxylic acids is 6. The summed E-state index contributed by atoms with van der Waals surface area (Å²) in [6.45, 7) is 3.43. The lowest BCUT2D eigenvalue weighted by Gasteiger charge is -2.32. The number of amides is 5. The number of carbonyl (C=O) groups is 6. The van der Waals surface area contributed by atoms with E-state index in [4.69, 9.17) is 10.5 Å². The molecule has 1 saturated carbocycles. The minimum absolute atomic E-state index is 0.0184. The summed E-state index contributed by atoms with van der Waals surface area (Å²) in [4.78, 5) is 86.7. The van der Waals surface area contributed by atoms with Gasteiger partial charge in [0.05, 0.1) is 35.1 Å². The molecule has 2 fully saturated rings. The quantitative estimate of drug-likeness (QED) is 0.0717. The maximum Gasteiger partial charge on any atom is 0.407 e. The fraction of sp³-hybridized carbons (Fsp3) is 0.477. The Morgan fingerprint density at radius 2 is 1.67 bits per heavy atom. The van der Waals surface area contributed by atoms with Crippen LogP contribution in [0.1, 0.15) is 106 Å².